The van der Waals surface area contributed by atoms with Gasteiger partial charge >= 0.3 is 0 Å². The van der Waals surface area contributed by atoms with Gasteiger partial charge in [0.2, 0.25) is 5.89 Å². The van der Waals surface area contributed by atoms with Crippen molar-refractivity contribution in [1.29, 1.82) is 0 Å². The molecule has 1 aromatic carbocycles. The zero-order valence-electron chi connectivity index (χ0n) is 11.0. The first-order valence-corrected chi connectivity index (χ1v) is 6.96. The van der Waals surface area contributed by atoms with Crippen molar-refractivity contribution in [3.8, 4) is 0 Å². The highest BCUT2D eigenvalue weighted by atomic mass is 16.5. The van der Waals surface area contributed by atoms with Crippen LogP contribution in [0.3, 0.4) is 0 Å². The fourth-order valence-corrected chi connectivity index (χ4v) is 2.78. The van der Waals surface area contributed by atoms with Crippen LogP contribution < -0.4 is 5.73 Å². The maximum absolute atomic E-state index is 5.74. The molecule has 0 atom stereocenters. The Hall–Kier alpha value is -1.68. The van der Waals surface area contributed by atoms with E-state index in [0.29, 0.717) is 24.8 Å². The highest BCUT2D eigenvalue weighted by Gasteiger charge is 2.22. The Morgan fingerprint density at radius 2 is 1.89 bits per heavy atom. The molecule has 4 nitrogen and oxygen atoms in total. The number of nitrogens with zero attached hydrogens (tertiary/aromatic N) is 2. The predicted molar refractivity (Wildman–Crippen MR) is 72.6 cm³/mol. The minimum absolute atomic E-state index is 0.502. The molecule has 1 aliphatic rings. The van der Waals surface area contributed by atoms with Gasteiger partial charge in [-0.25, -0.2) is 0 Å². The van der Waals surface area contributed by atoms with E-state index in [1.807, 2.05) is 18.2 Å². The number of hydrogen-bond donors (Lipinski definition) is 1. The zero-order valence-corrected chi connectivity index (χ0v) is 11.0. The van der Waals surface area contributed by atoms with Crippen LogP contribution in [-0.4, -0.2) is 10.1 Å². The Morgan fingerprint density at radius 1 is 1.16 bits per heavy atom. The van der Waals surface area contributed by atoms with Gasteiger partial charge in [0.25, 0.3) is 0 Å². The van der Waals surface area contributed by atoms with Gasteiger partial charge in [-0.2, -0.15) is 4.98 Å². The van der Waals surface area contributed by atoms with E-state index in [4.69, 9.17) is 10.3 Å². The third kappa shape index (κ3) is 2.68. The molecule has 0 unspecified atom stereocenters. The number of nitrogens with two attached hydrogens (primary N) is 1. The van der Waals surface area contributed by atoms with Crippen molar-refractivity contribution in [3.63, 3.8) is 0 Å². The molecule has 1 aromatic heterocycles. The van der Waals surface area contributed by atoms with Crippen molar-refractivity contribution in [3.05, 3.63) is 47.1 Å². The molecule has 0 saturated heterocycles. The molecule has 3 rings (SSSR count). The summed E-state index contributed by atoms with van der Waals surface area (Å²) in [7, 11) is 0. The lowest BCUT2D eigenvalue weighted by molar-refractivity contribution is 0.375. The Balaban J connectivity index is 1.76. The van der Waals surface area contributed by atoms with Crippen molar-refractivity contribution in [2.45, 2.75) is 44.6 Å². The zero-order chi connectivity index (χ0) is 13.1. The predicted octanol–water partition coefficient (Wildman–Crippen LogP) is 2.78. The Morgan fingerprint density at radius 3 is 2.63 bits per heavy atom. The summed E-state index contributed by atoms with van der Waals surface area (Å²) in [6.07, 6.45) is 5.62. The van der Waals surface area contributed by atoms with Crippen molar-refractivity contribution < 1.29 is 4.52 Å². The summed E-state index contributed by atoms with van der Waals surface area (Å²) in [4.78, 5) is 4.54. The van der Waals surface area contributed by atoms with E-state index in [-0.39, 0.29) is 0 Å². The molecule has 100 valence electrons. The normalized spacial score (nSPS) is 16.1. The SMILES string of the molecule is NCc1ccccc1Cc1nc(C2CCCC2)no1. The summed E-state index contributed by atoms with van der Waals surface area (Å²) < 4.78 is 5.38. The Bertz CT molecular complexity index is 544. The van der Waals surface area contributed by atoms with Crippen molar-refractivity contribution >= 4 is 0 Å². The third-order valence-electron chi connectivity index (χ3n) is 3.88. The largest absolute Gasteiger partial charge is 0.339 e. The first-order valence-electron chi connectivity index (χ1n) is 6.96. The van der Waals surface area contributed by atoms with E-state index < -0.39 is 0 Å². The van der Waals surface area contributed by atoms with Gasteiger partial charge in [0, 0.05) is 12.5 Å². The Kier molecular flexibility index (Phi) is 3.60. The van der Waals surface area contributed by atoms with E-state index in [1.165, 1.54) is 31.2 Å². The average molecular weight is 257 g/mol. The highest BCUT2D eigenvalue weighted by Crippen LogP contribution is 2.32. The topological polar surface area (TPSA) is 64.9 Å². The van der Waals surface area contributed by atoms with Crippen LogP contribution in [0.2, 0.25) is 0 Å². The summed E-state index contributed by atoms with van der Waals surface area (Å²) in [6.45, 7) is 0.541. The smallest absolute Gasteiger partial charge is 0.231 e. The van der Waals surface area contributed by atoms with Gasteiger partial charge in [0.05, 0.1) is 6.42 Å². The highest BCUT2D eigenvalue weighted by molar-refractivity contribution is 5.29. The lowest BCUT2D eigenvalue weighted by Gasteiger charge is -2.04. The molecule has 1 heterocycles. The number of rotatable bonds is 4. The molecule has 4 heteroatoms. The lowest BCUT2D eigenvalue weighted by Crippen LogP contribution is -2.02. The first kappa shape index (κ1) is 12.4. The molecule has 0 aliphatic heterocycles. The standard InChI is InChI=1S/C15H19N3O/c16-10-13-8-4-3-7-12(13)9-14-17-15(18-19-14)11-5-1-2-6-11/h3-4,7-8,11H,1-2,5-6,9-10,16H2. The fraction of sp³-hybridized carbons (Fsp3) is 0.467. The molecule has 0 radical (unpaired) electrons. The molecule has 0 amide bonds. The third-order valence-corrected chi connectivity index (χ3v) is 3.88. The van der Waals surface area contributed by atoms with Gasteiger partial charge in [0.15, 0.2) is 5.82 Å². The van der Waals surface area contributed by atoms with Crippen LogP contribution in [-0.2, 0) is 13.0 Å². The van der Waals surface area contributed by atoms with Gasteiger partial charge in [-0.15, -0.1) is 0 Å². The van der Waals surface area contributed by atoms with Gasteiger partial charge in [-0.05, 0) is 24.0 Å². The van der Waals surface area contributed by atoms with Gasteiger partial charge in [-0.1, -0.05) is 42.3 Å². The summed E-state index contributed by atoms with van der Waals surface area (Å²) in [5.41, 5.74) is 8.06. The lowest BCUT2D eigenvalue weighted by atomic mass is 10.0. The average Bonchev–Trinajstić information content (AvgIpc) is 3.09. The molecule has 1 fully saturated rings. The van der Waals surface area contributed by atoms with Crippen molar-refractivity contribution in [2.24, 2.45) is 5.73 Å². The number of aromatic nitrogens is 2. The van der Waals surface area contributed by atoms with Crippen molar-refractivity contribution in [2.75, 3.05) is 0 Å². The maximum Gasteiger partial charge on any atom is 0.231 e. The van der Waals surface area contributed by atoms with E-state index in [2.05, 4.69) is 16.2 Å². The number of hydrogen-bond acceptors (Lipinski definition) is 4. The van der Waals surface area contributed by atoms with Gasteiger partial charge < -0.3 is 10.3 Å². The summed E-state index contributed by atoms with van der Waals surface area (Å²) in [5, 5.41) is 4.13. The van der Waals surface area contributed by atoms with Crippen LogP contribution >= 0.6 is 0 Å². The van der Waals surface area contributed by atoms with Crippen LogP contribution in [0.25, 0.3) is 0 Å². The summed E-state index contributed by atoms with van der Waals surface area (Å²) in [5.74, 6) is 2.09. The van der Waals surface area contributed by atoms with E-state index in [1.54, 1.807) is 0 Å². The fourth-order valence-electron chi connectivity index (χ4n) is 2.78. The quantitative estimate of drug-likeness (QED) is 0.914. The second kappa shape index (κ2) is 5.53. The minimum atomic E-state index is 0.502. The van der Waals surface area contributed by atoms with Crippen LogP contribution in [0.5, 0.6) is 0 Å². The van der Waals surface area contributed by atoms with Gasteiger partial charge in [-0.3, -0.25) is 0 Å². The van der Waals surface area contributed by atoms with E-state index >= 15 is 0 Å². The monoisotopic (exact) mass is 257 g/mol. The minimum Gasteiger partial charge on any atom is -0.339 e. The van der Waals surface area contributed by atoms with Crippen LogP contribution in [0, 0.1) is 0 Å². The van der Waals surface area contributed by atoms with Gasteiger partial charge in [0.1, 0.15) is 0 Å². The molecule has 1 saturated carbocycles. The molecule has 0 bridgehead atoms. The molecule has 0 spiro atoms. The molecule has 1 aliphatic carbocycles. The summed E-state index contributed by atoms with van der Waals surface area (Å²) >= 11 is 0. The van der Waals surface area contributed by atoms with Crippen LogP contribution in [0.4, 0.5) is 0 Å². The Labute approximate surface area is 113 Å². The second-order valence-electron chi connectivity index (χ2n) is 5.18. The van der Waals surface area contributed by atoms with Crippen molar-refractivity contribution in [1.82, 2.24) is 10.1 Å². The summed E-state index contributed by atoms with van der Waals surface area (Å²) in [6, 6.07) is 8.14. The number of benzene rings is 1. The second-order valence-corrected chi connectivity index (χ2v) is 5.18. The van der Waals surface area contributed by atoms with Crippen LogP contribution in [0.1, 0.15) is 54.4 Å². The van der Waals surface area contributed by atoms with E-state index in [0.717, 1.165) is 11.4 Å². The van der Waals surface area contributed by atoms with E-state index in [9.17, 15) is 0 Å². The molecule has 2 aromatic rings. The first-order chi connectivity index (χ1) is 9.36. The molecule has 19 heavy (non-hydrogen) atoms. The molecular weight excluding hydrogens is 238 g/mol. The van der Waals surface area contributed by atoms with Crippen LogP contribution in [0.15, 0.2) is 28.8 Å². The molecular formula is C15H19N3O. The maximum atomic E-state index is 5.74. The molecule has 2 N–H and O–H groups in total.